The van der Waals surface area contributed by atoms with Gasteiger partial charge in [0.2, 0.25) is 0 Å². The summed E-state index contributed by atoms with van der Waals surface area (Å²) in [6.07, 6.45) is 0. The Hall–Kier alpha value is -2.65. The highest BCUT2D eigenvalue weighted by Crippen LogP contribution is 2.37. The number of nitrogens with one attached hydrogen (secondary N) is 1. The van der Waals surface area contributed by atoms with Crippen LogP contribution >= 0.6 is 23.2 Å². The SMILES string of the molecule is N#Cc1c(N=[N+]=[N-])nc(Nc2cccc(O)c2)c(Cl)c1Cl. The number of hydrogen-bond donors (Lipinski definition) is 2. The van der Waals surface area contributed by atoms with Crippen LogP contribution in [0.4, 0.5) is 17.3 Å². The molecule has 7 nitrogen and oxygen atoms in total. The minimum atomic E-state index is -0.183. The molecule has 2 N–H and O–H groups in total. The van der Waals surface area contributed by atoms with Gasteiger partial charge in [0, 0.05) is 16.7 Å². The number of phenols is 1. The molecule has 0 amide bonds. The highest BCUT2D eigenvalue weighted by Gasteiger charge is 2.16. The molecule has 0 bridgehead atoms. The summed E-state index contributed by atoms with van der Waals surface area (Å²) in [6.45, 7) is 0. The number of aromatic nitrogens is 1. The molecule has 0 saturated heterocycles. The monoisotopic (exact) mass is 320 g/mol. The molecule has 0 atom stereocenters. The summed E-state index contributed by atoms with van der Waals surface area (Å²) in [7, 11) is 0. The van der Waals surface area contributed by atoms with Crippen LogP contribution in [0.25, 0.3) is 10.4 Å². The van der Waals surface area contributed by atoms with E-state index in [1.807, 2.05) is 0 Å². The maximum absolute atomic E-state index is 9.41. The van der Waals surface area contributed by atoms with Gasteiger partial charge in [0.15, 0.2) is 5.82 Å². The zero-order chi connectivity index (χ0) is 15.4. The second-order valence-electron chi connectivity index (χ2n) is 3.76. The molecule has 21 heavy (non-hydrogen) atoms. The predicted octanol–water partition coefficient (Wildman–Crippen LogP) is 4.65. The number of anilines is 2. The maximum Gasteiger partial charge on any atom is 0.151 e. The van der Waals surface area contributed by atoms with E-state index < -0.39 is 0 Å². The van der Waals surface area contributed by atoms with Crippen molar-refractivity contribution < 1.29 is 5.11 Å². The van der Waals surface area contributed by atoms with Gasteiger partial charge in [-0.05, 0) is 22.8 Å². The van der Waals surface area contributed by atoms with E-state index in [1.165, 1.54) is 12.1 Å². The number of nitrogens with zero attached hydrogens (tertiary/aromatic N) is 5. The van der Waals surface area contributed by atoms with Gasteiger partial charge in [-0.2, -0.15) is 5.26 Å². The van der Waals surface area contributed by atoms with E-state index in [4.69, 9.17) is 34.0 Å². The zero-order valence-corrected chi connectivity index (χ0v) is 11.8. The largest absolute Gasteiger partial charge is 0.508 e. The molecule has 2 aromatic rings. The van der Waals surface area contributed by atoms with Crippen molar-refractivity contribution in [2.24, 2.45) is 5.11 Å². The third kappa shape index (κ3) is 3.09. The first-order valence-corrected chi connectivity index (χ1v) is 6.22. The Morgan fingerprint density at radius 2 is 2.14 bits per heavy atom. The zero-order valence-electron chi connectivity index (χ0n) is 10.2. The lowest BCUT2D eigenvalue weighted by Gasteiger charge is -2.11. The fourth-order valence-corrected chi connectivity index (χ4v) is 1.94. The Morgan fingerprint density at radius 3 is 2.76 bits per heavy atom. The molecule has 0 aliphatic rings. The van der Waals surface area contributed by atoms with E-state index in [0.717, 1.165) is 0 Å². The number of halogens is 2. The molecular formula is C12H6Cl2N6O. The summed E-state index contributed by atoms with van der Waals surface area (Å²) in [5.74, 6) is -0.0307. The lowest BCUT2D eigenvalue weighted by molar-refractivity contribution is 0.475. The van der Waals surface area contributed by atoms with Gasteiger partial charge in [0.05, 0.1) is 5.02 Å². The van der Waals surface area contributed by atoms with Crippen LogP contribution in [0.1, 0.15) is 5.56 Å². The van der Waals surface area contributed by atoms with Crippen molar-refractivity contribution in [3.63, 3.8) is 0 Å². The Balaban J connectivity index is 2.54. The fourth-order valence-electron chi connectivity index (χ4n) is 1.54. The molecular weight excluding hydrogens is 315 g/mol. The number of phenolic OH excluding ortho intramolecular Hbond substituents is 1. The minimum absolute atomic E-state index is 0.00782. The van der Waals surface area contributed by atoms with Crippen molar-refractivity contribution in [2.75, 3.05) is 5.32 Å². The van der Waals surface area contributed by atoms with Crippen LogP contribution in [-0.4, -0.2) is 10.1 Å². The third-order valence-electron chi connectivity index (χ3n) is 2.42. The molecule has 0 radical (unpaired) electrons. The second kappa shape index (κ2) is 6.20. The Kier molecular flexibility index (Phi) is 4.36. The van der Waals surface area contributed by atoms with Crippen LogP contribution in [0, 0.1) is 11.3 Å². The molecule has 0 saturated carbocycles. The highest BCUT2D eigenvalue weighted by atomic mass is 35.5. The van der Waals surface area contributed by atoms with E-state index >= 15 is 0 Å². The van der Waals surface area contributed by atoms with Crippen molar-refractivity contribution in [3.8, 4) is 11.8 Å². The van der Waals surface area contributed by atoms with Crippen molar-refractivity contribution in [2.45, 2.75) is 0 Å². The molecule has 1 aromatic carbocycles. The number of rotatable bonds is 3. The molecule has 0 unspecified atom stereocenters. The van der Waals surface area contributed by atoms with Gasteiger partial charge in [0.1, 0.15) is 28.2 Å². The molecule has 0 aliphatic carbocycles. The first kappa shape index (κ1) is 14.8. The average molecular weight is 321 g/mol. The summed E-state index contributed by atoms with van der Waals surface area (Å²) in [4.78, 5) is 6.56. The van der Waals surface area contributed by atoms with Crippen LogP contribution in [0.2, 0.25) is 10.0 Å². The van der Waals surface area contributed by atoms with Gasteiger partial charge in [0.25, 0.3) is 0 Å². The van der Waals surface area contributed by atoms with Crippen molar-refractivity contribution >= 4 is 40.5 Å². The third-order valence-corrected chi connectivity index (χ3v) is 3.26. The van der Waals surface area contributed by atoms with Gasteiger partial charge < -0.3 is 10.4 Å². The molecule has 1 heterocycles. The van der Waals surface area contributed by atoms with Crippen molar-refractivity contribution in [1.82, 2.24) is 4.98 Å². The lowest BCUT2D eigenvalue weighted by Crippen LogP contribution is -1.97. The topological polar surface area (TPSA) is 118 Å². The Labute approximate surface area is 129 Å². The predicted molar refractivity (Wildman–Crippen MR) is 79.2 cm³/mol. The summed E-state index contributed by atoms with van der Waals surface area (Å²) >= 11 is 12.0. The Bertz CT molecular complexity index is 795. The van der Waals surface area contributed by atoms with E-state index in [-0.39, 0.29) is 33.0 Å². The van der Waals surface area contributed by atoms with E-state index in [2.05, 4.69) is 20.3 Å². The Morgan fingerprint density at radius 1 is 1.38 bits per heavy atom. The lowest BCUT2D eigenvalue weighted by atomic mass is 10.2. The van der Waals surface area contributed by atoms with Gasteiger partial charge in [-0.25, -0.2) is 4.98 Å². The number of pyridine rings is 1. The number of hydrogen-bond acceptors (Lipinski definition) is 5. The molecule has 9 heteroatoms. The van der Waals surface area contributed by atoms with Crippen LogP contribution < -0.4 is 5.32 Å². The average Bonchev–Trinajstić information content (AvgIpc) is 2.45. The summed E-state index contributed by atoms with van der Waals surface area (Å²) in [6, 6.07) is 8.00. The molecule has 0 aliphatic heterocycles. The van der Waals surface area contributed by atoms with Gasteiger partial charge in [-0.1, -0.05) is 29.3 Å². The molecule has 0 spiro atoms. The molecule has 0 fully saturated rings. The fraction of sp³-hybridized carbons (Fsp3) is 0. The van der Waals surface area contributed by atoms with E-state index in [9.17, 15) is 5.11 Å². The van der Waals surface area contributed by atoms with Crippen LogP contribution in [0.5, 0.6) is 5.75 Å². The van der Waals surface area contributed by atoms with E-state index in [0.29, 0.717) is 5.69 Å². The number of benzene rings is 1. The highest BCUT2D eigenvalue weighted by molar-refractivity contribution is 6.44. The van der Waals surface area contributed by atoms with Crippen LogP contribution in [-0.2, 0) is 0 Å². The summed E-state index contributed by atoms with van der Waals surface area (Å²) < 4.78 is 0. The van der Waals surface area contributed by atoms with Gasteiger partial charge >= 0.3 is 0 Å². The number of nitriles is 1. The first-order chi connectivity index (χ1) is 10.1. The molecule has 1 aromatic heterocycles. The molecule has 2 rings (SSSR count). The number of aromatic hydroxyl groups is 1. The normalized spacial score (nSPS) is 9.57. The molecule has 104 valence electrons. The maximum atomic E-state index is 9.41. The standard InChI is InChI=1S/C12H6Cl2N6O/c13-9-8(5-15)11(19-20-16)18-12(10(9)14)17-6-2-1-3-7(21)4-6/h1-4,21H,(H,17,18). The second-order valence-corrected chi connectivity index (χ2v) is 4.52. The van der Waals surface area contributed by atoms with Gasteiger partial charge in [-0.3, -0.25) is 0 Å². The first-order valence-electron chi connectivity index (χ1n) is 5.47. The van der Waals surface area contributed by atoms with Crippen molar-refractivity contribution in [3.05, 3.63) is 50.3 Å². The van der Waals surface area contributed by atoms with Gasteiger partial charge in [-0.15, -0.1) is 0 Å². The van der Waals surface area contributed by atoms with Crippen molar-refractivity contribution in [1.29, 1.82) is 5.26 Å². The smallest absolute Gasteiger partial charge is 0.151 e. The summed E-state index contributed by atoms with van der Waals surface area (Å²) in [5.41, 5.74) is 8.88. The minimum Gasteiger partial charge on any atom is -0.508 e. The van der Waals surface area contributed by atoms with E-state index in [1.54, 1.807) is 18.2 Å². The summed E-state index contributed by atoms with van der Waals surface area (Å²) in [5, 5.41) is 24.5. The quantitative estimate of drug-likeness (QED) is 0.486. The van der Waals surface area contributed by atoms with Crippen LogP contribution in [0.15, 0.2) is 29.4 Å². The van der Waals surface area contributed by atoms with Crippen LogP contribution in [0.3, 0.4) is 0 Å². The number of azide groups is 1.